The molecule has 0 spiro atoms. The lowest BCUT2D eigenvalue weighted by Gasteiger charge is -2.28. The van der Waals surface area contributed by atoms with Gasteiger partial charge in [-0.05, 0) is 198 Å². The van der Waals surface area contributed by atoms with Gasteiger partial charge in [0.05, 0.1) is 22.1 Å². The second kappa shape index (κ2) is 15.2. The minimum atomic E-state index is -0.128. The van der Waals surface area contributed by atoms with Crippen molar-refractivity contribution in [2.45, 2.75) is 169 Å². The van der Waals surface area contributed by atoms with Crippen LogP contribution >= 0.6 is 0 Å². The van der Waals surface area contributed by atoms with Gasteiger partial charge in [-0.2, -0.15) is 0 Å². The molecule has 6 aromatic carbocycles. The molecule has 2 heteroatoms. The Hall–Kier alpha value is -6.12. The first-order chi connectivity index (χ1) is 33.7. The molecule has 4 aliphatic carbocycles. The van der Waals surface area contributed by atoms with Crippen molar-refractivity contribution >= 4 is 66.0 Å². The maximum atomic E-state index is 2.61. The predicted octanol–water partition coefficient (Wildman–Crippen LogP) is 19.4. The fourth-order valence-electron chi connectivity index (χ4n) is 13.3. The van der Waals surface area contributed by atoms with Crippen molar-refractivity contribution in [1.82, 2.24) is 9.13 Å². The van der Waals surface area contributed by atoms with E-state index in [9.17, 15) is 0 Å². The van der Waals surface area contributed by atoms with Crippen LogP contribution in [0.25, 0.3) is 71.7 Å². The van der Waals surface area contributed by atoms with Crippen LogP contribution in [-0.4, -0.2) is 9.13 Å². The largest absolute Gasteiger partial charge is 0.313 e. The maximum absolute atomic E-state index is 2.61. The van der Waals surface area contributed by atoms with Gasteiger partial charge in [-0.15, -0.1) is 0 Å². The lowest BCUT2D eigenvalue weighted by atomic mass is 9.76. The highest BCUT2D eigenvalue weighted by Gasteiger charge is 2.41. The molecule has 0 radical (unpaired) electrons. The van der Waals surface area contributed by atoms with Gasteiger partial charge in [0.15, 0.2) is 0 Å². The molecule has 366 valence electrons. The first-order valence-corrected chi connectivity index (χ1v) is 27.1. The van der Waals surface area contributed by atoms with Gasteiger partial charge in [-0.3, -0.25) is 0 Å². The van der Waals surface area contributed by atoms with Crippen LogP contribution in [0.2, 0.25) is 0 Å². The van der Waals surface area contributed by atoms with Crippen LogP contribution in [0.1, 0.15) is 187 Å². The molecule has 4 aliphatic rings. The van der Waals surface area contributed by atoms with Gasteiger partial charge in [-0.1, -0.05) is 159 Å². The molecule has 0 saturated carbocycles. The molecule has 0 fully saturated rings. The summed E-state index contributed by atoms with van der Waals surface area (Å²) in [6.07, 6.45) is 9.36. The van der Waals surface area contributed by atoms with E-state index in [0.717, 1.165) is 25.7 Å². The van der Waals surface area contributed by atoms with Gasteiger partial charge in [-0.25, -0.2) is 0 Å². The lowest BCUT2D eigenvalue weighted by molar-refractivity contribution is 0.590. The number of fused-ring (bicyclic) bond motifs is 10. The van der Waals surface area contributed by atoms with E-state index in [0.29, 0.717) is 0 Å². The second-order valence-electron chi connectivity index (χ2n) is 27.4. The molecule has 0 saturated heterocycles. The summed E-state index contributed by atoms with van der Waals surface area (Å²) < 4.78 is 5.14. The third kappa shape index (κ3) is 7.01. The van der Waals surface area contributed by atoms with Gasteiger partial charge in [0.2, 0.25) is 0 Å². The zero-order valence-electron chi connectivity index (χ0n) is 46.3. The van der Waals surface area contributed by atoms with E-state index in [1.54, 1.807) is 0 Å². The van der Waals surface area contributed by atoms with E-state index in [-0.39, 0.29) is 32.5 Å². The van der Waals surface area contributed by atoms with Crippen molar-refractivity contribution in [1.29, 1.82) is 0 Å². The van der Waals surface area contributed by atoms with E-state index in [2.05, 4.69) is 241 Å². The summed E-state index contributed by atoms with van der Waals surface area (Å²) in [5.41, 5.74) is 28.1. The van der Waals surface area contributed by atoms with Gasteiger partial charge < -0.3 is 9.13 Å². The van der Waals surface area contributed by atoms with E-state index in [4.69, 9.17) is 0 Å². The van der Waals surface area contributed by atoms with Gasteiger partial charge in [0, 0.05) is 43.8 Å². The molecule has 0 atom stereocenters. The number of allylic oxidation sites excluding steroid dienone is 8. The highest BCUT2D eigenvalue weighted by atomic mass is 15.0. The molecule has 2 aromatic heterocycles. The summed E-state index contributed by atoms with van der Waals surface area (Å²) in [5, 5.41) is 5.41. The summed E-state index contributed by atoms with van der Waals surface area (Å²) in [6, 6.07) is 43.7. The number of nitrogens with zero attached hydrogens (tertiary/aromatic N) is 2. The molecule has 2 heterocycles. The Morgan fingerprint density at radius 1 is 0.375 bits per heavy atom. The Bertz CT molecular complexity index is 3660. The fraction of sp³-hybridized carbons (Fsp3) is 0.371. The summed E-state index contributed by atoms with van der Waals surface area (Å²) in [6.45, 7) is 37.8. The first kappa shape index (κ1) is 46.9. The van der Waals surface area contributed by atoms with Crippen molar-refractivity contribution in [3.05, 3.63) is 183 Å². The average Bonchev–Trinajstić information content (AvgIpc) is 3.97. The summed E-state index contributed by atoms with van der Waals surface area (Å²) >= 11 is 0. The summed E-state index contributed by atoms with van der Waals surface area (Å²) in [7, 11) is 0. The Morgan fingerprint density at radius 2 is 0.764 bits per heavy atom. The third-order valence-corrected chi connectivity index (χ3v) is 17.8. The molecule has 8 aromatic rings. The van der Waals surface area contributed by atoms with Gasteiger partial charge in [0.1, 0.15) is 0 Å². The fourth-order valence-corrected chi connectivity index (χ4v) is 13.3. The maximum Gasteiger partial charge on any atom is 0.0541 e. The molecule has 12 rings (SSSR count). The van der Waals surface area contributed by atoms with Gasteiger partial charge in [0.25, 0.3) is 0 Å². The predicted molar refractivity (Wildman–Crippen MR) is 312 cm³/mol. The van der Waals surface area contributed by atoms with E-state index < -0.39 is 0 Å². The number of rotatable bonds is 3. The molecule has 0 bridgehead atoms. The Labute approximate surface area is 430 Å². The molecular formula is C70H76N2. The average molecular weight is 945 g/mol. The lowest BCUT2D eigenvalue weighted by Crippen LogP contribution is -2.18. The van der Waals surface area contributed by atoms with Crippen LogP contribution in [0, 0.1) is 0 Å². The SMILES string of the molecule is CC(C)(C)c1ccc2c(c1)c1cc(C(C)(C)C)ccc1n2C1=CC2=C(CC1)c1ccc(C3=CC4=C(CC3)c3ccc(-n5c6ccc(C(C)(C)C)cc6c6cc(C(C)(C)C)ccc65)cc3C4(C)C)cc1C2(C)C. The quantitative estimate of drug-likeness (QED) is 0.167. The molecule has 72 heavy (non-hydrogen) atoms. The van der Waals surface area contributed by atoms with E-state index >= 15 is 0 Å². The van der Waals surface area contributed by atoms with Crippen LogP contribution in [0.15, 0.2) is 132 Å². The van der Waals surface area contributed by atoms with Crippen LogP contribution in [-0.2, 0) is 32.5 Å². The first-order valence-electron chi connectivity index (χ1n) is 27.1. The second-order valence-corrected chi connectivity index (χ2v) is 27.4. The smallest absolute Gasteiger partial charge is 0.0541 e. The van der Waals surface area contributed by atoms with E-state index in [1.165, 1.54) is 133 Å². The molecular weight excluding hydrogens is 869 g/mol. The Morgan fingerprint density at radius 3 is 1.21 bits per heavy atom. The molecule has 0 unspecified atom stereocenters. The standard InChI is InChI=1S/C70H76N2/c1-65(2,3)43-19-29-61-53(35-43)54-36-44(66(4,5)6)20-30-62(54)71(61)47-23-27-51-49-25-17-41(33-57(49)69(13,14)59(51)39-47)42-18-26-50-52-28-24-48(40-60(52)70(15,16)58(50)34-42)72-63-31-21-45(67(7,8)9)37-55(63)56-38-46(68(10,11)12)22-32-64(56)72/h17,19-22,24-25,28-40H,18,23,26-27H2,1-16H3. The number of benzene rings is 6. The van der Waals surface area contributed by atoms with Crippen LogP contribution in [0.3, 0.4) is 0 Å². The number of hydrogen-bond acceptors (Lipinski definition) is 0. The highest BCUT2D eigenvalue weighted by Crippen LogP contribution is 2.56. The minimum absolute atomic E-state index is 0.0662. The van der Waals surface area contributed by atoms with Crippen LogP contribution in [0.5, 0.6) is 0 Å². The highest BCUT2D eigenvalue weighted by molar-refractivity contribution is 6.12. The minimum Gasteiger partial charge on any atom is -0.313 e. The third-order valence-electron chi connectivity index (χ3n) is 17.8. The zero-order chi connectivity index (χ0) is 51.0. The van der Waals surface area contributed by atoms with Crippen LogP contribution < -0.4 is 0 Å². The normalized spacial score (nSPS) is 17.8. The van der Waals surface area contributed by atoms with Crippen molar-refractivity contribution in [3.63, 3.8) is 0 Å². The number of aromatic nitrogens is 2. The zero-order valence-corrected chi connectivity index (χ0v) is 46.3. The topological polar surface area (TPSA) is 9.86 Å². The molecule has 2 nitrogen and oxygen atoms in total. The molecule has 0 N–H and O–H groups in total. The van der Waals surface area contributed by atoms with Crippen molar-refractivity contribution in [2.24, 2.45) is 0 Å². The van der Waals surface area contributed by atoms with Crippen molar-refractivity contribution in [2.75, 3.05) is 0 Å². The molecule has 0 aliphatic heterocycles. The summed E-state index contributed by atoms with van der Waals surface area (Å²) in [5.74, 6) is 0. The number of hydrogen-bond donors (Lipinski definition) is 0. The monoisotopic (exact) mass is 945 g/mol. The Kier molecular flexibility index (Phi) is 9.92. The van der Waals surface area contributed by atoms with Crippen LogP contribution in [0.4, 0.5) is 0 Å². The van der Waals surface area contributed by atoms with Gasteiger partial charge >= 0.3 is 0 Å². The summed E-state index contributed by atoms with van der Waals surface area (Å²) in [4.78, 5) is 0. The molecule has 0 amide bonds. The van der Waals surface area contributed by atoms with Crippen molar-refractivity contribution < 1.29 is 0 Å². The van der Waals surface area contributed by atoms with Crippen molar-refractivity contribution in [3.8, 4) is 5.69 Å². The Balaban J connectivity index is 0.892. The van der Waals surface area contributed by atoms with E-state index in [1.807, 2.05) is 0 Å².